The van der Waals surface area contributed by atoms with Gasteiger partial charge in [-0.05, 0) is 29.7 Å². The Balaban J connectivity index is 1.60. The molecule has 0 bridgehead atoms. The van der Waals surface area contributed by atoms with Gasteiger partial charge in [-0.15, -0.1) is 0 Å². The Labute approximate surface area is 145 Å². The van der Waals surface area contributed by atoms with Crippen LogP contribution in [0.3, 0.4) is 0 Å². The number of aromatic nitrogens is 3. The number of hydrogen-bond donors (Lipinski definition) is 0. The number of nitrogens with zero attached hydrogens (tertiary/aromatic N) is 4. The summed E-state index contributed by atoms with van der Waals surface area (Å²) in [7, 11) is 0. The Bertz CT molecular complexity index is 1000. The highest BCUT2D eigenvalue weighted by Crippen LogP contribution is 2.18. The van der Waals surface area contributed by atoms with Gasteiger partial charge in [-0.25, -0.2) is 4.68 Å². The molecule has 0 saturated carbocycles. The molecule has 3 heterocycles. The van der Waals surface area contributed by atoms with Crippen LogP contribution in [0.15, 0.2) is 47.4 Å². The second-order valence-corrected chi connectivity index (χ2v) is 6.33. The number of carbonyl (C=O) groups excluding carboxylic acids is 1. The molecule has 0 aliphatic carbocycles. The Morgan fingerprint density at radius 1 is 1.16 bits per heavy atom. The van der Waals surface area contributed by atoms with Crippen molar-refractivity contribution < 1.29 is 4.79 Å². The Morgan fingerprint density at radius 3 is 2.76 bits per heavy atom. The molecule has 25 heavy (non-hydrogen) atoms. The second-order valence-electron chi connectivity index (χ2n) is 6.33. The molecular weight excluding hydrogens is 316 g/mol. The second kappa shape index (κ2) is 6.20. The number of benzene rings is 1. The zero-order valence-corrected chi connectivity index (χ0v) is 14.2. The highest BCUT2D eigenvalue weighted by atomic mass is 16.2. The van der Waals surface area contributed by atoms with Crippen LogP contribution in [0.1, 0.15) is 23.9 Å². The van der Waals surface area contributed by atoms with E-state index in [1.54, 1.807) is 10.5 Å². The average molecular weight is 336 g/mol. The molecule has 128 valence electrons. The standard InChI is InChI=1S/C19H20N4O2/c1-2-17-20-23(19(25)16-8-5-10-22(16)17)13-18(24)21-11-9-14-6-3-4-7-15(14)12-21/h3-8,10H,2,9,11-13H2,1H3. The summed E-state index contributed by atoms with van der Waals surface area (Å²) >= 11 is 0. The molecule has 1 aliphatic heterocycles. The molecule has 0 spiro atoms. The lowest BCUT2D eigenvalue weighted by molar-refractivity contribution is -0.133. The summed E-state index contributed by atoms with van der Waals surface area (Å²) in [5.41, 5.74) is 2.81. The van der Waals surface area contributed by atoms with Crippen LogP contribution in [-0.4, -0.2) is 31.5 Å². The van der Waals surface area contributed by atoms with Gasteiger partial charge in [0.1, 0.15) is 17.9 Å². The first-order chi connectivity index (χ1) is 12.2. The quantitative estimate of drug-likeness (QED) is 0.731. The third kappa shape index (κ3) is 2.73. The first kappa shape index (κ1) is 15.6. The summed E-state index contributed by atoms with van der Waals surface area (Å²) in [6.45, 7) is 3.24. The zero-order valence-electron chi connectivity index (χ0n) is 14.2. The summed E-state index contributed by atoms with van der Waals surface area (Å²) in [6, 6.07) is 11.8. The molecule has 0 unspecified atom stereocenters. The van der Waals surface area contributed by atoms with Gasteiger partial charge in [0.15, 0.2) is 0 Å². The van der Waals surface area contributed by atoms with Crippen LogP contribution in [0, 0.1) is 0 Å². The lowest BCUT2D eigenvalue weighted by Gasteiger charge is -2.29. The van der Waals surface area contributed by atoms with Crippen molar-refractivity contribution in [2.45, 2.75) is 32.9 Å². The van der Waals surface area contributed by atoms with Gasteiger partial charge in [-0.3, -0.25) is 14.0 Å². The van der Waals surface area contributed by atoms with Crippen LogP contribution in [0.4, 0.5) is 0 Å². The number of aryl methyl sites for hydroxylation is 1. The SMILES string of the molecule is CCc1nn(CC(=O)N2CCc3ccccc3C2)c(=O)c2cccn12. The van der Waals surface area contributed by atoms with E-state index >= 15 is 0 Å². The average Bonchev–Trinajstić information content (AvgIpc) is 3.14. The Kier molecular flexibility index (Phi) is 3.87. The highest BCUT2D eigenvalue weighted by Gasteiger charge is 2.21. The van der Waals surface area contributed by atoms with E-state index in [0.717, 1.165) is 12.2 Å². The van der Waals surface area contributed by atoms with Crippen LogP contribution in [0.5, 0.6) is 0 Å². The van der Waals surface area contributed by atoms with Crippen molar-refractivity contribution >= 4 is 11.4 Å². The van der Waals surface area contributed by atoms with Gasteiger partial charge in [0.2, 0.25) is 5.91 Å². The summed E-state index contributed by atoms with van der Waals surface area (Å²) in [6.07, 6.45) is 3.37. The van der Waals surface area contributed by atoms with Crippen LogP contribution in [0.25, 0.3) is 5.52 Å². The van der Waals surface area contributed by atoms with E-state index in [4.69, 9.17) is 0 Å². The number of fused-ring (bicyclic) bond motifs is 2. The molecule has 0 fully saturated rings. The number of carbonyl (C=O) groups is 1. The van der Waals surface area contributed by atoms with Crippen LogP contribution < -0.4 is 5.56 Å². The van der Waals surface area contributed by atoms with Gasteiger partial charge in [-0.1, -0.05) is 31.2 Å². The molecule has 0 radical (unpaired) electrons. The van der Waals surface area contributed by atoms with Crippen molar-refractivity contribution in [2.75, 3.05) is 6.54 Å². The minimum absolute atomic E-state index is 0.0182. The van der Waals surface area contributed by atoms with Gasteiger partial charge in [0, 0.05) is 25.7 Å². The number of amides is 1. The molecule has 1 amide bonds. The molecule has 4 rings (SSSR count). The van der Waals surface area contributed by atoms with Gasteiger partial charge in [-0.2, -0.15) is 5.10 Å². The molecule has 1 aliphatic rings. The third-order valence-electron chi connectivity index (χ3n) is 4.80. The van der Waals surface area contributed by atoms with Crippen LogP contribution in [-0.2, 0) is 30.7 Å². The Morgan fingerprint density at radius 2 is 1.96 bits per heavy atom. The molecule has 1 aromatic carbocycles. The fourth-order valence-corrected chi connectivity index (χ4v) is 3.43. The number of rotatable bonds is 3. The van der Waals surface area contributed by atoms with Crippen LogP contribution >= 0.6 is 0 Å². The van der Waals surface area contributed by atoms with E-state index in [1.165, 1.54) is 15.8 Å². The van der Waals surface area contributed by atoms with Gasteiger partial charge < -0.3 is 4.90 Å². The fourth-order valence-electron chi connectivity index (χ4n) is 3.43. The fraction of sp³-hybridized carbons (Fsp3) is 0.316. The van der Waals surface area contributed by atoms with Crippen molar-refractivity contribution in [3.8, 4) is 0 Å². The van der Waals surface area contributed by atoms with Gasteiger partial charge >= 0.3 is 0 Å². The topological polar surface area (TPSA) is 59.6 Å². The monoisotopic (exact) mass is 336 g/mol. The van der Waals surface area contributed by atoms with E-state index in [1.807, 2.05) is 36.2 Å². The molecule has 6 heteroatoms. The summed E-state index contributed by atoms with van der Waals surface area (Å²) in [5, 5.41) is 4.39. The van der Waals surface area contributed by atoms with E-state index in [-0.39, 0.29) is 18.0 Å². The minimum atomic E-state index is -0.229. The van der Waals surface area contributed by atoms with Gasteiger partial charge in [0.25, 0.3) is 5.56 Å². The first-order valence-corrected chi connectivity index (χ1v) is 8.59. The van der Waals surface area contributed by atoms with E-state index in [2.05, 4.69) is 17.2 Å². The maximum Gasteiger partial charge on any atom is 0.291 e. The molecular formula is C19H20N4O2. The summed E-state index contributed by atoms with van der Waals surface area (Å²) < 4.78 is 3.09. The molecule has 0 N–H and O–H groups in total. The van der Waals surface area contributed by atoms with Crippen molar-refractivity contribution in [1.29, 1.82) is 0 Å². The minimum Gasteiger partial charge on any atom is -0.336 e. The summed E-state index contributed by atoms with van der Waals surface area (Å²) in [5.74, 6) is 0.707. The molecule has 0 saturated heterocycles. The van der Waals surface area contributed by atoms with Crippen molar-refractivity contribution in [3.63, 3.8) is 0 Å². The van der Waals surface area contributed by atoms with Crippen molar-refractivity contribution in [1.82, 2.24) is 19.1 Å². The molecule has 0 atom stereocenters. The predicted molar refractivity (Wildman–Crippen MR) is 94.4 cm³/mol. The Hall–Kier alpha value is -2.89. The zero-order chi connectivity index (χ0) is 17.4. The maximum atomic E-state index is 12.7. The van der Waals surface area contributed by atoms with E-state index in [9.17, 15) is 9.59 Å². The molecule has 3 aromatic rings. The van der Waals surface area contributed by atoms with Crippen LogP contribution in [0.2, 0.25) is 0 Å². The first-order valence-electron chi connectivity index (χ1n) is 8.59. The lowest BCUT2D eigenvalue weighted by Crippen LogP contribution is -2.40. The van der Waals surface area contributed by atoms with Gasteiger partial charge in [0.05, 0.1) is 0 Å². The summed E-state index contributed by atoms with van der Waals surface area (Å²) in [4.78, 5) is 27.1. The van der Waals surface area contributed by atoms with E-state index < -0.39 is 0 Å². The number of hydrogen-bond acceptors (Lipinski definition) is 3. The normalized spacial score (nSPS) is 13.9. The smallest absolute Gasteiger partial charge is 0.291 e. The lowest BCUT2D eigenvalue weighted by atomic mass is 10.00. The van der Waals surface area contributed by atoms with Crippen molar-refractivity contribution in [3.05, 3.63) is 69.9 Å². The highest BCUT2D eigenvalue weighted by molar-refractivity contribution is 5.76. The van der Waals surface area contributed by atoms with E-state index in [0.29, 0.717) is 25.0 Å². The maximum absolute atomic E-state index is 12.7. The third-order valence-corrected chi connectivity index (χ3v) is 4.80. The predicted octanol–water partition coefficient (Wildman–Crippen LogP) is 1.64. The molecule has 2 aromatic heterocycles. The largest absolute Gasteiger partial charge is 0.336 e. The molecule has 6 nitrogen and oxygen atoms in total. The van der Waals surface area contributed by atoms with Crippen molar-refractivity contribution in [2.24, 2.45) is 0 Å².